The van der Waals surface area contributed by atoms with E-state index in [4.69, 9.17) is 14.9 Å². The minimum absolute atomic E-state index is 0.0769. The van der Waals surface area contributed by atoms with E-state index in [9.17, 15) is 4.79 Å². The molecule has 2 N–H and O–H groups in total. The summed E-state index contributed by atoms with van der Waals surface area (Å²) in [5.41, 5.74) is 0. The van der Waals surface area contributed by atoms with Crippen LogP contribution in [0.4, 0.5) is 0 Å². The number of nitrogens with zero attached hydrogens (tertiary/aromatic N) is 1. The molecule has 0 aromatic rings. The Bertz CT molecular complexity index is 270. The van der Waals surface area contributed by atoms with Crippen molar-refractivity contribution in [2.24, 2.45) is 5.92 Å². The van der Waals surface area contributed by atoms with Gasteiger partial charge in [0, 0.05) is 25.0 Å². The molecule has 5 nitrogen and oxygen atoms in total. The average Bonchev–Trinajstić information content (AvgIpc) is 2.56. The van der Waals surface area contributed by atoms with Crippen LogP contribution >= 0.6 is 0 Å². The summed E-state index contributed by atoms with van der Waals surface area (Å²) in [6.07, 6.45) is 4.75. The van der Waals surface area contributed by atoms with E-state index >= 15 is 0 Å². The molecule has 2 fully saturated rings. The first kappa shape index (κ1) is 13.8. The molecular weight excluding hydrogens is 234 g/mol. The SMILES string of the molecule is O=C(O)CC1CC2CCC(C1)N2CCOCCO. The molecule has 5 heteroatoms. The Labute approximate surface area is 108 Å². The molecule has 0 radical (unpaired) electrons. The third-order valence-electron chi connectivity index (χ3n) is 4.17. The predicted molar refractivity (Wildman–Crippen MR) is 66.4 cm³/mol. The molecule has 0 aromatic heterocycles. The van der Waals surface area contributed by atoms with Gasteiger partial charge < -0.3 is 14.9 Å². The van der Waals surface area contributed by atoms with Gasteiger partial charge in [0.15, 0.2) is 0 Å². The highest BCUT2D eigenvalue weighted by Gasteiger charge is 2.40. The predicted octanol–water partition coefficient (Wildman–Crippen LogP) is 0.713. The summed E-state index contributed by atoms with van der Waals surface area (Å²) < 4.78 is 5.32. The molecule has 0 spiro atoms. The molecule has 0 saturated carbocycles. The highest BCUT2D eigenvalue weighted by atomic mass is 16.5. The highest BCUT2D eigenvalue weighted by molar-refractivity contribution is 5.67. The Kier molecular flexibility index (Phi) is 4.97. The standard InChI is InChI=1S/C13H23NO4/c15-4-6-18-5-3-14-11-1-2-12(14)8-10(7-11)9-13(16)17/h10-12,15H,1-9H2,(H,16,17). The molecule has 2 unspecified atom stereocenters. The van der Waals surface area contributed by atoms with Crippen molar-refractivity contribution in [1.82, 2.24) is 4.90 Å². The number of aliphatic hydroxyl groups is 1. The van der Waals surface area contributed by atoms with E-state index < -0.39 is 5.97 Å². The molecule has 2 atom stereocenters. The molecular formula is C13H23NO4. The van der Waals surface area contributed by atoms with Gasteiger partial charge in [0.2, 0.25) is 0 Å². The van der Waals surface area contributed by atoms with E-state index in [0.717, 1.165) is 19.4 Å². The largest absolute Gasteiger partial charge is 0.481 e. The third kappa shape index (κ3) is 3.43. The molecule has 0 aromatic carbocycles. The van der Waals surface area contributed by atoms with Gasteiger partial charge in [-0.05, 0) is 31.6 Å². The van der Waals surface area contributed by atoms with Crippen LogP contribution in [0, 0.1) is 5.92 Å². The highest BCUT2D eigenvalue weighted by Crippen LogP contribution is 2.39. The number of piperidine rings is 1. The molecule has 0 amide bonds. The fourth-order valence-electron chi connectivity index (χ4n) is 3.50. The number of carboxylic acid groups (broad SMARTS) is 1. The van der Waals surface area contributed by atoms with Gasteiger partial charge in [-0.3, -0.25) is 9.69 Å². The normalized spacial score (nSPS) is 31.7. The quantitative estimate of drug-likeness (QED) is 0.657. The summed E-state index contributed by atoms with van der Waals surface area (Å²) in [6, 6.07) is 1.09. The maximum atomic E-state index is 10.8. The van der Waals surface area contributed by atoms with Gasteiger partial charge in [0.25, 0.3) is 0 Å². The second kappa shape index (κ2) is 6.50. The van der Waals surface area contributed by atoms with E-state index in [0.29, 0.717) is 37.6 Å². The fraction of sp³-hybridized carbons (Fsp3) is 0.923. The molecule has 18 heavy (non-hydrogen) atoms. The van der Waals surface area contributed by atoms with Crippen molar-refractivity contribution in [3.63, 3.8) is 0 Å². The fourth-order valence-corrected chi connectivity index (χ4v) is 3.50. The molecule has 2 heterocycles. The van der Waals surface area contributed by atoms with Crippen LogP contribution in [0.15, 0.2) is 0 Å². The number of hydrogen-bond acceptors (Lipinski definition) is 4. The van der Waals surface area contributed by atoms with Gasteiger partial charge in [-0.15, -0.1) is 0 Å². The molecule has 2 aliphatic rings. The van der Waals surface area contributed by atoms with Gasteiger partial charge >= 0.3 is 5.97 Å². The van der Waals surface area contributed by atoms with Crippen molar-refractivity contribution in [3.05, 3.63) is 0 Å². The summed E-state index contributed by atoms with van der Waals surface area (Å²) in [7, 11) is 0. The van der Waals surface area contributed by atoms with Crippen molar-refractivity contribution in [2.45, 2.75) is 44.2 Å². The summed E-state index contributed by atoms with van der Waals surface area (Å²) in [4.78, 5) is 13.3. The van der Waals surface area contributed by atoms with Crippen LogP contribution in [0.5, 0.6) is 0 Å². The van der Waals surface area contributed by atoms with E-state index in [2.05, 4.69) is 4.90 Å². The number of rotatable bonds is 7. The van der Waals surface area contributed by atoms with Crippen molar-refractivity contribution in [3.8, 4) is 0 Å². The Balaban J connectivity index is 1.77. The Morgan fingerprint density at radius 1 is 1.22 bits per heavy atom. The molecule has 0 aliphatic carbocycles. The number of carbonyl (C=O) groups is 1. The summed E-state index contributed by atoms with van der Waals surface area (Å²) in [5.74, 6) is -0.311. The van der Waals surface area contributed by atoms with Gasteiger partial charge in [-0.2, -0.15) is 0 Å². The van der Waals surface area contributed by atoms with E-state index in [1.165, 1.54) is 12.8 Å². The Hall–Kier alpha value is -0.650. The zero-order valence-electron chi connectivity index (χ0n) is 10.8. The molecule has 2 rings (SSSR count). The molecule has 104 valence electrons. The van der Waals surface area contributed by atoms with Crippen molar-refractivity contribution in [2.75, 3.05) is 26.4 Å². The van der Waals surface area contributed by atoms with Crippen LogP contribution in [-0.4, -0.2) is 59.5 Å². The van der Waals surface area contributed by atoms with E-state index in [1.54, 1.807) is 0 Å². The topological polar surface area (TPSA) is 70.0 Å². The van der Waals surface area contributed by atoms with Gasteiger partial charge in [-0.25, -0.2) is 0 Å². The second-order valence-electron chi connectivity index (χ2n) is 5.39. The molecule has 2 aliphatic heterocycles. The minimum Gasteiger partial charge on any atom is -0.481 e. The van der Waals surface area contributed by atoms with Gasteiger partial charge in [0.05, 0.1) is 19.8 Å². The number of aliphatic carboxylic acids is 1. The lowest BCUT2D eigenvalue weighted by molar-refractivity contribution is -0.138. The number of hydrogen-bond donors (Lipinski definition) is 2. The first-order chi connectivity index (χ1) is 8.70. The average molecular weight is 257 g/mol. The van der Waals surface area contributed by atoms with Crippen LogP contribution in [0.2, 0.25) is 0 Å². The maximum Gasteiger partial charge on any atom is 0.303 e. The van der Waals surface area contributed by atoms with Crippen LogP contribution in [-0.2, 0) is 9.53 Å². The number of ether oxygens (including phenoxy) is 1. The lowest BCUT2D eigenvalue weighted by Crippen LogP contribution is -2.44. The lowest BCUT2D eigenvalue weighted by atomic mass is 9.88. The summed E-state index contributed by atoms with van der Waals surface area (Å²) >= 11 is 0. The third-order valence-corrected chi connectivity index (χ3v) is 4.17. The van der Waals surface area contributed by atoms with Crippen molar-refractivity contribution < 1.29 is 19.7 Å². The zero-order chi connectivity index (χ0) is 13.0. The van der Waals surface area contributed by atoms with E-state index in [-0.39, 0.29) is 6.61 Å². The lowest BCUT2D eigenvalue weighted by Gasteiger charge is -2.38. The Morgan fingerprint density at radius 2 is 1.89 bits per heavy atom. The zero-order valence-corrected chi connectivity index (χ0v) is 10.8. The monoisotopic (exact) mass is 257 g/mol. The first-order valence-electron chi connectivity index (χ1n) is 6.87. The van der Waals surface area contributed by atoms with Gasteiger partial charge in [0.1, 0.15) is 0 Å². The first-order valence-corrected chi connectivity index (χ1v) is 6.87. The van der Waals surface area contributed by atoms with Crippen molar-refractivity contribution >= 4 is 5.97 Å². The maximum absolute atomic E-state index is 10.8. The van der Waals surface area contributed by atoms with Crippen molar-refractivity contribution in [1.29, 1.82) is 0 Å². The van der Waals surface area contributed by atoms with Crippen LogP contribution in [0.25, 0.3) is 0 Å². The van der Waals surface area contributed by atoms with Gasteiger partial charge in [-0.1, -0.05) is 0 Å². The van der Waals surface area contributed by atoms with Crippen LogP contribution < -0.4 is 0 Å². The number of carboxylic acids is 1. The second-order valence-corrected chi connectivity index (χ2v) is 5.39. The summed E-state index contributed by atoms with van der Waals surface area (Å²) in [6.45, 7) is 2.06. The molecule has 2 saturated heterocycles. The molecule has 2 bridgehead atoms. The van der Waals surface area contributed by atoms with E-state index in [1.807, 2.05) is 0 Å². The smallest absolute Gasteiger partial charge is 0.303 e. The summed E-state index contributed by atoms with van der Waals surface area (Å²) in [5, 5.41) is 17.5. The Morgan fingerprint density at radius 3 is 2.44 bits per heavy atom. The number of aliphatic hydroxyl groups excluding tert-OH is 1. The number of fused-ring (bicyclic) bond motifs is 2. The minimum atomic E-state index is -0.667. The van der Waals surface area contributed by atoms with Crippen LogP contribution in [0.3, 0.4) is 0 Å². The van der Waals surface area contributed by atoms with Crippen LogP contribution in [0.1, 0.15) is 32.1 Å².